The van der Waals surface area contributed by atoms with Gasteiger partial charge in [-0.05, 0) is 13.0 Å². The first kappa shape index (κ1) is 14.8. The molecule has 0 aliphatic heterocycles. The zero-order chi connectivity index (χ0) is 15.0. The Bertz CT molecular complexity index is 672. The lowest BCUT2D eigenvalue weighted by Gasteiger charge is -2.12. The van der Waals surface area contributed by atoms with Crippen molar-refractivity contribution in [1.29, 1.82) is 0 Å². The highest BCUT2D eigenvalue weighted by atomic mass is 35.5. The Morgan fingerprint density at radius 2 is 1.60 bits per heavy atom. The smallest absolute Gasteiger partial charge is 0.161 e. The van der Waals surface area contributed by atoms with Gasteiger partial charge in [0.1, 0.15) is 16.8 Å². The Labute approximate surface area is 119 Å². The van der Waals surface area contributed by atoms with Gasteiger partial charge in [0.05, 0.1) is 5.69 Å². The van der Waals surface area contributed by atoms with Crippen molar-refractivity contribution in [2.45, 2.75) is 26.7 Å². The molecule has 0 spiro atoms. The molecule has 0 saturated heterocycles. The van der Waals surface area contributed by atoms with Gasteiger partial charge in [0.2, 0.25) is 0 Å². The Balaban J connectivity index is 2.72. The molecule has 0 bridgehead atoms. The minimum Gasteiger partial charge on any atom is -0.232 e. The molecule has 2 nitrogen and oxygen atoms in total. The molecular formula is C14H12ClF3N2. The van der Waals surface area contributed by atoms with Crippen molar-refractivity contribution in [3.05, 3.63) is 46.1 Å². The lowest BCUT2D eigenvalue weighted by molar-refractivity contribution is 0.496. The summed E-state index contributed by atoms with van der Waals surface area (Å²) >= 11 is 5.99. The van der Waals surface area contributed by atoms with E-state index in [1.165, 1.54) is 0 Å². The summed E-state index contributed by atoms with van der Waals surface area (Å²) in [4.78, 5) is 8.30. The standard InChI is InChI=1S/C14H12ClF3N2/c1-6(2)14-19-12(7(3)13(15)20-14)8-4-10(17)11(18)5-9(8)16/h4-6H,1-3H3. The molecule has 0 fully saturated rings. The molecule has 0 N–H and O–H groups in total. The molecule has 0 atom stereocenters. The van der Waals surface area contributed by atoms with Crippen LogP contribution in [0.25, 0.3) is 11.3 Å². The molecule has 6 heteroatoms. The highest BCUT2D eigenvalue weighted by molar-refractivity contribution is 6.30. The van der Waals surface area contributed by atoms with Crippen LogP contribution >= 0.6 is 11.6 Å². The molecule has 1 aromatic carbocycles. The van der Waals surface area contributed by atoms with E-state index < -0.39 is 17.5 Å². The van der Waals surface area contributed by atoms with Gasteiger partial charge in [-0.25, -0.2) is 23.1 Å². The van der Waals surface area contributed by atoms with Crippen LogP contribution in [-0.2, 0) is 0 Å². The van der Waals surface area contributed by atoms with Crippen LogP contribution in [0.15, 0.2) is 12.1 Å². The van der Waals surface area contributed by atoms with Crippen LogP contribution in [0.1, 0.15) is 31.2 Å². The van der Waals surface area contributed by atoms with Gasteiger partial charge in [-0.3, -0.25) is 0 Å². The van der Waals surface area contributed by atoms with E-state index in [0.29, 0.717) is 17.5 Å². The van der Waals surface area contributed by atoms with Gasteiger partial charge in [-0.1, -0.05) is 25.4 Å². The summed E-state index contributed by atoms with van der Waals surface area (Å²) in [7, 11) is 0. The van der Waals surface area contributed by atoms with Crippen LogP contribution in [0.2, 0.25) is 5.15 Å². The summed E-state index contributed by atoms with van der Waals surface area (Å²) < 4.78 is 40.2. The fraction of sp³-hybridized carbons (Fsp3) is 0.286. The highest BCUT2D eigenvalue weighted by Gasteiger charge is 2.18. The molecule has 2 rings (SSSR count). The third kappa shape index (κ3) is 2.63. The minimum atomic E-state index is -1.24. The monoisotopic (exact) mass is 300 g/mol. The van der Waals surface area contributed by atoms with Gasteiger partial charge in [0, 0.05) is 23.1 Å². The van der Waals surface area contributed by atoms with Crippen molar-refractivity contribution in [2.75, 3.05) is 0 Å². The van der Waals surface area contributed by atoms with E-state index in [2.05, 4.69) is 9.97 Å². The first-order valence-electron chi connectivity index (χ1n) is 6.00. The normalized spacial score (nSPS) is 11.2. The summed E-state index contributed by atoms with van der Waals surface area (Å²) in [6.45, 7) is 5.31. The molecule has 0 saturated carbocycles. The number of rotatable bonds is 2. The maximum absolute atomic E-state index is 13.9. The van der Waals surface area contributed by atoms with Crippen molar-refractivity contribution >= 4 is 11.6 Å². The topological polar surface area (TPSA) is 25.8 Å². The Hall–Kier alpha value is -1.62. The van der Waals surface area contributed by atoms with Crippen LogP contribution in [0.5, 0.6) is 0 Å². The molecule has 0 aliphatic carbocycles. The van der Waals surface area contributed by atoms with Gasteiger partial charge in [-0.15, -0.1) is 0 Å². The maximum Gasteiger partial charge on any atom is 0.161 e. The maximum atomic E-state index is 13.9. The van der Waals surface area contributed by atoms with E-state index in [9.17, 15) is 13.2 Å². The summed E-state index contributed by atoms with van der Waals surface area (Å²) in [5, 5.41) is 0.169. The number of hydrogen-bond donors (Lipinski definition) is 0. The van der Waals surface area contributed by atoms with Gasteiger partial charge < -0.3 is 0 Å². The largest absolute Gasteiger partial charge is 0.232 e. The first-order valence-corrected chi connectivity index (χ1v) is 6.38. The third-order valence-corrected chi connectivity index (χ3v) is 3.25. The summed E-state index contributed by atoms with van der Waals surface area (Å²) in [5.41, 5.74) is 0.457. The van der Waals surface area contributed by atoms with Gasteiger partial charge in [0.25, 0.3) is 0 Å². The van der Waals surface area contributed by atoms with E-state index in [1.54, 1.807) is 6.92 Å². The summed E-state index contributed by atoms with van der Waals surface area (Å²) in [6.07, 6.45) is 0. The zero-order valence-corrected chi connectivity index (χ0v) is 11.9. The molecule has 0 amide bonds. The first-order chi connectivity index (χ1) is 9.31. The van der Waals surface area contributed by atoms with E-state index in [4.69, 9.17) is 11.6 Å². The second-order valence-electron chi connectivity index (χ2n) is 4.75. The number of hydrogen-bond acceptors (Lipinski definition) is 2. The Kier molecular flexibility index (Phi) is 3.99. The second kappa shape index (κ2) is 5.40. The van der Waals surface area contributed by atoms with Crippen molar-refractivity contribution < 1.29 is 13.2 Å². The average Bonchev–Trinajstić information content (AvgIpc) is 2.37. The molecule has 0 unspecified atom stereocenters. The molecule has 0 radical (unpaired) electrons. The van der Waals surface area contributed by atoms with Crippen LogP contribution in [-0.4, -0.2) is 9.97 Å². The van der Waals surface area contributed by atoms with Crippen LogP contribution in [0, 0.1) is 24.4 Å². The fourth-order valence-corrected chi connectivity index (χ4v) is 1.91. The average molecular weight is 301 g/mol. The Morgan fingerprint density at radius 3 is 2.20 bits per heavy atom. The van der Waals surface area contributed by atoms with Gasteiger partial charge >= 0.3 is 0 Å². The molecule has 2 aromatic rings. The van der Waals surface area contributed by atoms with Crippen molar-refractivity contribution in [3.63, 3.8) is 0 Å². The molecule has 20 heavy (non-hydrogen) atoms. The number of aromatic nitrogens is 2. The van der Waals surface area contributed by atoms with Crippen LogP contribution in [0.3, 0.4) is 0 Å². The SMILES string of the molecule is Cc1c(Cl)nc(C(C)C)nc1-c1cc(F)c(F)cc1F. The van der Waals surface area contributed by atoms with E-state index in [0.717, 1.165) is 6.07 Å². The van der Waals surface area contributed by atoms with Gasteiger partial charge in [-0.2, -0.15) is 0 Å². The zero-order valence-electron chi connectivity index (χ0n) is 11.1. The predicted molar refractivity (Wildman–Crippen MR) is 71.2 cm³/mol. The molecule has 106 valence electrons. The quantitative estimate of drug-likeness (QED) is 0.596. The van der Waals surface area contributed by atoms with Crippen molar-refractivity contribution in [1.82, 2.24) is 9.97 Å². The lowest BCUT2D eigenvalue weighted by Crippen LogP contribution is -2.04. The highest BCUT2D eigenvalue weighted by Crippen LogP contribution is 2.30. The van der Waals surface area contributed by atoms with Crippen LogP contribution in [0.4, 0.5) is 13.2 Å². The Morgan fingerprint density at radius 1 is 1.00 bits per heavy atom. The van der Waals surface area contributed by atoms with Crippen LogP contribution < -0.4 is 0 Å². The molecular weight excluding hydrogens is 289 g/mol. The van der Waals surface area contributed by atoms with E-state index in [1.807, 2.05) is 13.8 Å². The van der Waals surface area contributed by atoms with Gasteiger partial charge in [0.15, 0.2) is 11.6 Å². The second-order valence-corrected chi connectivity index (χ2v) is 5.11. The lowest BCUT2D eigenvalue weighted by atomic mass is 10.1. The van der Waals surface area contributed by atoms with E-state index >= 15 is 0 Å². The summed E-state index contributed by atoms with van der Waals surface area (Å²) in [5.74, 6) is -2.88. The fourth-order valence-electron chi connectivity index (χ4n) is 1.73. The minimum absolute atomic E-state index is 0.0276. The summed E-state index contributed by atoms with van der Waals surface area (Å²) in [6, 6.07) is 1.27. The number of benzene rings is 1. The molecule has 1 heterocycles. The third-order valence-electron chi connectivity index (χ3n) is 2.89. The molecule has 1 aromatic heterocycles. The van der Waals surface area contributed by atoms with Crippen molar-refractivity contribution in [3.8, 4) is 11.3 Å². The number of halogens is 4. The van der Waals surface area contributed by atoms with Crippen molar-refractivity contribution in [2.24, 2.45) is 0 Å². The van der Waals surface area contributed by atoms with E-state index in [-0.39, 0.29) is 22.3 Å². The number of nitrogens with zero attached hydrogens (tertiary/aromatic N) is 2. The molecule has 0 aliphatic rings. The predicted octanol–water partition coefficient (Wildman–Crippen LogP) is 4.65.